The molecule has 0 fully saturated rings. The van der Waals surface area contributed by atoms with Crippen LogP contribution in [0.1, 0.15) is 58.3 Å². The van der Waals surface area contributed by atoms with Gasteiger partial charge in [-0.15, -0.1) is 0 Å². The molecular weight excluding hydrogens is 162 g/mol. The second kappa shape index (κ2) is 11.5. The Kier molecular flexibility index (Phi) is 11.1. The lowest BCUT2D eigenvalue weighted by atomic mass is 10.1. The van der Waals surface area contributed by atoms with E-state index in [4.69, 9.17) is 5.90 Å². The highest BCUT2D eigenvalue weighted by Gasteiger charge is 1.88. The minimum atomic E-state index is 1.01. The van der Waals surface area contributed by atoms with Gasteiger partial charge in [0.25, 0.3) is 0 Å². The molecule has 0 N–H and O–H groups in total. The molecule has 0 aromatic heterocycles. The van der Waals surface area contributed by atoms with E-state index in [0.29, 0.717) is 0 Å². The molecule has 0 amide bonds. The average Bonchev–Trinajstić information content (AvgIpc) is 2.16. The molecule has 0 heterocycles. The lowest BCUT2D eigenvalue weighted by molar-refractivity contribution is 0.235. The molecule has 2 radical (unpaired) electrons. The Morgan fingerprint density at radius 2 is 1.62 bits per heavy atom. The van der Waals surface area contributed by atoms with Crippen molar-refractivity contribution >= 4 is 0 Å². The number of allylic oxidation sites excluding steroid dienone is 1. The van der Waals surface area contributed by atoms with E-state index in [2.05, 4.69) is 11.8 Å². The van der Waals surface area contributed by atoms with Crippen LogP contribution in [0.5, 0.6) is 0 Å². The first-order valence-corrected chi connectivity index (χ1v) is 5.37. The van der Waals surface area contributed by atoms with Crippen LogP contribution < -0.4 is 5.90 Å². The monoisotopic (exact) mass is 183 g/mol. The van der Waals surface area contributed by atoms with Crippen molar-refractivity contribution in [1.29, 1.82) is 0 Å². The Morgan fingerprint density at radius 3 is 2.23 bits per heavy atom. The summed E-state index contributed by atoms with van der Waals surface area (Å²) in [5.74, 6) is 7.98. The normalized spacial score (nSPS) is 10.9. The molecule has 0 atom stereocenters. The summed E-state index contributed by atoms with van der Waals surface area (Å²) in [4.78, 5) is 3.82. The summed E-state index contributed by atoms with van der Waals surface area (Å²) in [6, 6.07) is 0. The van der Waals surface area contributed by atoms with E-state index in [1.165, 1.54) is 51.2 Å². The van der Waals surface area contributed by atoms with Crippen LogP contribution in [0.25, 0.3) is 0 Å². The van der Waals surface area contributed by atoms with E-state index in [9.17, 15) is 0 Å². The molecule has 0 saturated carbocycles. The van der Waals surface area contributed by atoms with Crippen molar-refractivity contribution in [1.82, 2.24) is 5.90 Å². The van der Waals surface area contributed by atoms with Gasteiger partial charge in [-0.3, -0.25) is 0 Å². The molecule has 0 aliphatic heterocycles. The fourth-order valence-corrected chi connectivity index (χ4v) is 1.33. The summed E-state index contributed by atoms with van der Waals surface area (Å²) in [6.45, 7) is 2.24. The number of unbranched alkanes of at least 4 members (excludes halogenated alkanes) is 7. The van der Waals surface area contributed by atoms with Crippen LogP contribution in [-0.4, -0.2) is 0 Å². The number of hydrogen-bond donors (Lipinski definition) is 0. The summed E-state index contributed by atoms with van der Waals surface area (Å²) in [5.41, 5.74) is 0. The second-order valence-corrected chi connectivity index (χ2v) is 3.39. The van der Waals surface area contributed by atoms with Crippen LogP contribution in [0.15, 0.2) is 12.3 Å². The van der Waals surface area contributed by atoms with Gasteiger partial charge < -0.3 is 4.84 Å². The molecule has 0 aromatic carbocycles. The minimum Gasteiger partial charge on any atom is -0.376 e. The average molecular weight is 183 g/mol. The van der Waals surface area contributed by atoms with E-state index in [1.54, 1.807) is 0 Å². The Hall–Kier alpha value is -0.500. The topological polar surface area (TPSA) is 31.5 Å². The highest BCUT2D eigenvalue weighted by atomic mass is 16.6. The summed E-state index contributed by atoms with van der Waals surface area (Å²) in [7, 11) is 0. The lowest BCUT2D eigenvalue weighted by Gasteiger charge is -1.98. The smallest absolute Gasteiger partial charge is 0.111 e. The Bertz CT molecular complexity index is 113. The third-order valence-corrected chi connectivity index (χ3v) is 2.13. The summed E-state index contributed by atoms with van der Waals surface area (Å²) < 4.78 is 0. The van der Waals surface area contributed by atoms with Crippen LogP contribution in [0.4, 0.5) is 0 Å². The van der Waals surface area contributed by atoms with E-state index in [0.717, 1.165) is 6.42 Å². The first kappa shape index (κ1) is 12.5. The van der Waals surface area contributed by atoms with Gasteiger partial charge in [0.15, 0.2) is 0 Å². The maximum Gasteiger partial charge on any atom is 0.111 e. The van der Waals surface area contributed by atoms with Crippen LogP contribution in [-0.2, 0) is 4.84 Å². The van der Waals surface area contributed by atoms with Gasteiger partial charge in [0.1, 0.15) is 12.2 Å². The van der Waals surface area contributed by atoms with Crippen LogP contribution >= 0.6 is 0 Å². The minimum absolute atomic E-state index is 1.01. The Morgan fingerprint density at radius 1 is 1.00 bits per heavy atom. The molecule has 0 rings (SSSR count). The molecule has 0 spiro atoms. The summed E-state index contributed by atoms with van der Waals surface area (Å²) in [5, 5.41) is 0. The number of rotatable bonds is 9. The summed E-state index contributed by atoms with van der Waals surface area (Å²) >= 11 is 0. The van der Waals surface area contributed by atoms with Crippen molar-refractivity contribution in [3.63, 3.8) is 0 Å². The van der Waals surface area contributed by atoms with Crippen LogP contribution in [0.3, 0.4) is 0 Å². The van der Waals surface area contributed by atoms with E-state index < -0.39 is 0 Å². The largest absolute Gasteiger partial charge is 0.376 e. The van der Waals surface area contributed by atoms with E-state index in [-0.39, 0.29) is 0 Å². The number of hydrogen-bond acceptors (Lipinski definition) is 1. The van der Waals surface area contributed by atoms with Crippen molar-refractivity contribution in [2.75, 3.05) is 0 Å². The Balaban J connectivity index is 2.87. The first-order valence-electron chi connectivity index (χ1n) is 5.37. The molecule has 0 aliphatic carbocycles. The zero-order chi connectivity index (χ0) is 9.78. The maximum absolute atomic E-state index is 7.98. The highest BCUT2D eigenvalue weighted by Crippen LogP contribution is 2.08. The van der Waals surface area contributed by atoms with Gasteiger partial charge in [0.2, 0.25) is 0 Å². The molecule has 13 heavy (non-hydrogen) atoms. The van der Waals surface area contributed by atoms with Crippen LogP contribution in [0, 0.1) is 0 Å². The van der Waals surface area contributed by atoms with E-state index >= 15 is 0 Å². The molecular formula is C11H21NO. The van der Waals surface area contributed by atoms with Gasteiger partial charge in [-0.05, 0) is 18.9 Å². The molecule has 0 aromatic rings. The Labute approximate surface area is 82.1 Å². The molecule has 0 unspecified atom stereocenters. The highest BCUT2D eigenvalue weighted by molar-refractivity contribution is 4.71. The van der Waals surface area contributed by atoms with Crippen molar-refractivity contribution in [3.8, 4) is 0 Å². The van der Waals surface area contributed by atoms with Gasteiger partial charge >= 0.3 is 0 Å². The molecule has 0 aliphatic rings. The molecule has 0 saturated heterocycles. The zero-order valence-corrected chi connectivity index (χ0v) is 8.67. The van der Waals surface area contributed by atoms with Gasteiger partial charge in [-0.25, -0.2) is 0 Å². The van der Waals surface area contributed by atoms with Crippen molar-refractivity contribution in [2.45, 2.75) is 58.3 Å². The van der Waals surface area contributed by atoms with Crippen molar-refractivity contribution < 1.29 is 4.84 Å². The SMILES string of the molecule is CCCCCCCCCC=CO[N]. The predicted molar refractivity (Wildman–Crippen MR) is 55.0 cm³/mol. The third-order valence-electron chi connectivity index (χ3n) is 2.13. The van der Waals surface area contributed by atoms with Gasteiger partial charge in [0, 0.05) is 0 Å². The lowest BCUT2D eigenvalue weighted by Crippen LogP contribution is -1.79. The maximum atomic E-state index is 7.98. The predicted octanol–water partition coefficient (Wildman–Crippen LogP) is 3.64. The van der Waals surface area contributed by atoms with Gasteiger partial charge in [-0.1, -0.05) is 45.4 Å². The third kappa shape index (κ3) is 11.5. The van der Waals surface area contributed by atoms with Gasteiger partial charge in [-0.2, -0.15) is 0 Å². The second-order valence-electron chi connectivity index (χ2n) is 3.39. The molecule has 0 bridgehead atoms. The molecule has 76 valence electrons. The van der Waals surface area contributed by atoms with Crippen molar-refractivity contribution in [2.24, 2.45) is 0 Å². The first-order chi connectivity index (χ1) is 6.41. The summed E-state index contributed by atoms with van der Waals surface area (Å²) in [6.07, 6.45) is 13.5. The fourth-order valence-electron chi connectivity index (χ4n) is 1.33. The quantitative estimate of drug-likeness (QED) is 0.305. The fraction of sp³-hybridized carbons (Fsp3) is 0.818. The van der Waals surface area contributed by atoms with Crippen LogP contribution in [0.2, 0.25) is 0 Å². The standard InChI is InChI=1S/C11H21NO/c1-2-3-4-5-6-7-8-9-10-11-13-12/h10-11H,2-9H2,1H3. The van der Waals surface area contributed by atoms with Gasteiger partial charge in [0.05, 0.1) is 0 Å². The van der Waals surface area contributed by atoms with Crippen molar-refractivity contribution in [3.05, 3.63) is 12.3 Å². The molecule has 2 heteroatoms. The molecule has 2 nitrogen and oxygen atoms in total. The zero-order valence-electron chi connectivity index (χ0n) is 8.67. The van der Waals surface area contributed by atoms with E-state index in [1.807, 2.05) is 6.08 Å². The number of nitrogens with zero attached hydrogens (tertiary/aromatic N) is 1.